The van der Waals surface area contributed by atoms with Gasteiger partial charge >= 0.3 is 5.97 Å². The summed E-state index contributed by atoms with van der Waals surface area (Å²) in [5.41, 5.74) is 6.38. The van der Waals surface area contributed by atoms with Crippen LogP contribution in [0.25, 0.3) is 32.9 Å². The molecule has 428 valence electrons. The second-order valence-electron chi connectivity index (χ2n) is 20.0. The molecule has 4 aromatic carbocycles. The first-order valence-corrected chi connectivity index (χ1v) is 27.7. The maximum Gasteiger partial charge on any atom is 0.319 e. The summed E-state index contributed by atoms with van der Waals surface area (Å²) in [4.78, 5) is 74.6. The van der Waals surface area contributed by atoms with Crippen molar-refractivity contribution < 1.29 is 33.1 Å². The van der Waals surface area contributed by atoms with Crippen LogP contribution in [-0.4, -0.2) is 163 Å². The lowest BCUT2D eigenvalue weighted by Gasteiger charge is -2.36. The number of amides is 3. The number of likely N-dealkylation sites (N-methyl/N-ethyl adjacent to an activating group) is 1. The average molecular weight is 1130 g/mol. The number of piperazine rings is 1. The fourth-order valence-electron chi connectivity index (χ4n) is 10.2. The highest BCUT2D eigenvalue weighted by Gasteiger charge is 2.24. The number of esters is 1. The summed E-state index contributed by atoms with van der Waals surface area (Å²) in [6.07, 6.45) is 8.81. The Labute approximate surface area is 475 Å². The third kappa shape index (κ3) is 15.9. The largest absolute Gasteiger partial charge is 0.468 e. The van der Waals surface area contributed by atoms with E-state index in [1.54, 1.807) is 43.2 Å². The van der Waals surface area contributed by atoms with E-state index in [2.05, 4.69) is 83.6 Å². The number of para-hydroxylation sites is 1. The van der Waals surface area contributed by atoms with Gasteiger partial charge in [0.25, 0.3) is 5.91 Å². The number of aldehydes is 1. The Morgan fingerprint density at radius 3 is 2.30 bits per heavy atom. The fourth-order valence-corrected chi connectivity index (χ4v) is 10.3. The maximum absolute atomic E-state index is 15.8. The van der Waals surface area contributed by atoms with E-state index >= 15 is 4.39 Å². The van der Waals surface area contributed by atoms with E-state index < -0.39 is 0 Å². The van der Waals surface area contributed by atoms with Crippen LogP contribution in [0.5, 0.6) is 0 Å². The molecule has 2 saturated heterocycles. The number of carbonyl (C=O) groups is 5. The Hall–Kier alpha value is -8.05. The highest BCUT2D eigenvalue weighted by molar-refractivity contribution is 6.33. The summed E-state index contributed by atoms with van der Waals surface area (Å²) >= 11 is 6.42. The molecule has 2 aliphatic heterocycles. The number of likely N-dealkylation sites (tertiary alicyclic amines) is 1. The Morgan fingerprint density at radius 1 is 0.802 bits per heavy atom. The van der Waals surface area contributed by atoms with Crippen LogP contribution in [0.2, 0.25) is 5.02 Å². The van der Waals surface area contributed by atoms with E-state index in [0.717, 1.165) is 106 Å². The lowest BCUT2D eigenvalue weighted by atomic mass is 9.96. The van der Waals surface area contributed by atoms with Crippen LogP contribution in [0.4, 0.5) is 33.2 Å². The van der Waals surface area contributed by atoms with Gasteiger partial charge in [-0.05, 0) is 125 Å². The van der Waals surface area contributed by atoms with E-state index in [-0.39, 0.29) is 49.1 Å². The fraction of sp³-hybridized carbons (Fsp3) is 0.397. The summed E-state index contributed by atoms with van der Waals surface area (Å²) in [6, 6.07) is 24.3. The van der Waals surface area contributed by atoms with Crippen LogP contribution >= 0.6 is 11.6 Å². The summed E-state index contributed by atoms with van der Waals surface area (Å²) in [7, 11) is 4.64. The number of unbranched alkanes of at least 4 members (excludes halogenated alkanes) is 2. The zero-order valence-electron chi connectivity index (χ0n) is 46.3. The molecule has 2 aliphatic rings. The molecule has 0 saturated carbocycles. The zero-order valence-corrected chi connectivity index (χ0v) is 47.0. The van der Waals surface area contributed by atoms with Crippen molar-refractivity contribution >= 4 is 92.2 Å². The van der Waals surface area contributed by atoms with Gasteiger partial charge in [-0.2, -0.15) is 15.2 Å². The van der Waals surface area contributed by atoms with Crippen LogP contribution in [0.3, 0.4) is 0 Å². The number of rotatable bonds is 23. The first-order valence-electron chi connectivity index (χ1n) is 27.3. The number of nitrogens with one attached hydrogen (secondary N) is 6. The quantitative estimate of drug-likeness (QED) is 0.0234. The maximum atomic E-state index is 15.8. The molecule has 3 aromatic heterocycles. The SMILES string of the molecule is CNC(=O)c1ccccc1Nc1nc(Nc2ccc(N3CCN(CCCCCNC(=O)CN4CCC(Cn5ncc6cc(F)c(-c7cccc8c7c(C)nn8CC(=O)NCC=O)cc65)CC4)CC3)cc2)ncc1Cl.CNCC(=O)OC. The number of aromatic nitrogens is 6. The summed E-state index contributed by atoms with van der Waals surface area (Å²) in [6.45, 7) is 10.3. The summed E-state index contributed by atoms with van der Waals surface area (Å²) in [5, 5.41) is 28.5. The van der Waals surface area contributed by atoms with Crippen molar-refractivity contribution in [2.24, 2.45) is 5.92 Å². The molecule has 3 amide bonds. The van der Waals surface area contributed by atoms with Gasteiger partial charge in [-0.15, -0.1) is 0 Å². The number of benzene rings is 4. The molecule has 0 bridgehead atoms. The molecule has 6 N–H and O–H groups in total. The molecule has 0 unspecified atom stereocenters. The van der Waals surface area contributed by atoms with E-state index in [1.165, 1.54) is 19.4 Å². The smallest absolute Gasteiger partial charge is 0.319 e. The monoisotopic (exact) mass is 1130 g/mol. The van der Waals surface area contributed by atoms with Crippen molar-refractivity contribution in [3.63, 3.8) is 0 Å². The Kier molecular flexibility index (Phi) is 21.1. The number of fused-ring (bicyclic) bond motifs is 2. The van der Waals surface area contributed by atoms with E-state index in [4.69, 9.17) is 11.6 Å². The number of hydrogen-bond acceptors (Lipinski definition) is 16. The molecule has 9 rings (SSSR count). The minimum atomic E-state index is -0.365. The van der Waals surface area contributed by atoms with Crippen molar-refractivity contribution in [3.05, 3.63) is 113 Å². The molecule has 0 aliphatic carbocycles. The Morgan fingerprint density at radius 2 is 1.57 bits per heavy atom. The number of nitrogens with zero attached hydrogens (tertiary/aromatic N) is 9. The van der Waals surface area contributed by atoms with E-state index in [1.807, 2.05) is 54.1 Å². The number of piperidine rings is 1. The van der Waals surface area contributed by atoms with Crippen LogP contribution in [0.1, 0.15) is 48.2 Å². The number of anilines is 5. The molecular weight excluding hydrogens is 1060 g/mol. The van der Waals surface area contributed by atoms with Crippen LogP contribution in [0, 0.1) is 18.7 Å². The number of halogens is 2. The third-order valence-corrected chi connectivity index (χ3v) is 14.7. The van der Waals surface area contributed by atoms with Crippen molar-refractivity contribution in [1.82, 2.24) is 60.6 Å². The first-order chi connectivity index (χ1) is 39.3. The second-order valence-corrected chi connectivity index (χ2v) is 20.4. The van der Waals surface area contributed by atoms with Gasteiger partial charge in [-0.3, -0.25) is 38.3 Å². The Balaban J connectivity index is 0.00000115. The zero-order chi connectivity index (χ0) is 57.3. The first kappa shape index (κ1) is 59.1. The second kappa shape index (κ2) is 28.9. The van der Waals surface area contributed by atoms with Crippen LogP contribution < -0.4 is 36.8 Å². The molecule has 23 heteroatoms. The molecule has 0 atom stereocenters. The lowest BCUT2D eigenvalue weighted by molar-refractivity contribution is -0.139. The van der Waals surface area contributed by atoms with E-state index in [9.17, 15) is 24.0 Å². The lowest BCUT2D eigenvalue weighted by Crippen LogP contribution is -2.46. The number of ether oxygens (including phenoxy) is 1. The molecule has 0 radical (unpaired) electrons. The average Bonchev–Trinajstić information content (AvgIpc) is 4.10. The number of hydrogen-bond donors (Lipinski definition) is 6. The number of aryl methyl sites for hydroxylation is 1. The van der Waals surface area contributed by atoms with Crippen molar-refractivity contribution in [2.45, 2.75) is 52.1 Å². The van der Waals surface area contributed by atoms with Gasteiger partial charge in [0.15, 0.2) is 5.82 Å². The summed E-state index contributed by atoms with van der Waals surface area (Å²) < 4.78 is 23.6. The van der Waals surface area contributed by atoms with Crippen molar-refractivity contribution in [2.75, 3.05) is 109 Å². The van der Waals surface area contributed by atoms with E-state index in [0.29, 0.717) is 82.2 Å². The minimum absolute atomic E-state index is 0.0607. The van der Waals surface area contributed by atoms with Crippen molar-refractivity contribution in [1.29, 1.82) is 0 Å². The normalized spacial score (nSPS) is 14.0. The van der Waals surface area contributed by atoms with Gasteiger partial charge in [0.05, 0.1) is 67.1 Å². The van der Waals surface area contributed by atoms with Gasteiger partial charge in [-0.1, -0.05) is 42.3 Å². The highest BCUT2D eigenvalue weighted by atomic mass is 35.5. The molecule has 0 spiro atoms. The molecular formula is C58H71ClFN15O6. The Bertz CT molecular complexity index is 3280. The van der Waals surface area contributed by atoms with Crippen molar-refractivity contribution in [3.8, 4) is 11.1 Å². The topological polar surface area (TPSA) is 238 Å². The molecule has 7 aromatic rings. The van der Waals surface area contributed by atoms with Crippen LogP contribution in [0.15, 0.2) is 91.3 Å². The van der Waals surface area contributed by atoms with Crippen LogP contribution in [-0.2, 0) is 37.0 Å². The standard InChI is InChI=1S/C54H62ClFN14O4.C4H9NO2/c1-36-51-41(10-8-12-47(51)70(65-36)35-50(73)59-20-28-71)43-30-48-38(29-45(43)56)31-61-69(48)33-37-17-22-67(23-18-37)34-49(72)58-19-6-3-7-21-66-24-26-68(27-25-66)40-15-13-39(14-16-40)62-54-60-32-44(55)52(64-54)63-46-11-5-4-9-42(46)53(74)57-2;1-5-3-4(6)7-2/h4-5,8-16,28-32,37H,3,6-7,17-27,33-35H2,1-2H3,(H,57,74)(H,58,72)(H,59,73)(H2,60,62,63,64);5H,3H2,1-2H3. The van der Waals surface area contributed by atoms with Gasteiger partial charge < -0.3 is 46.3 Å². The van der Waals surface area contributed by atoms with Gasteiger partial charge in [0.1, 0.15) is 23.7 Å². The van der Waals surface area contributed by atoms with Gasteiger partial charge in [0, 0.05) is 74.0 Å². The van der Waals surface area contributed by atoms with Gasteiger partial charge in [-0.25, -0.2) is 9.37 Å². The predicted molar refractivity (Wildman–Crippen MR) is 313 cm³/mol. The molecule has 2 fully saturated rings. The minimum Gasteiger partial charge on any atom is -0.468 e. The number of carbonyl (C=O) groups excluding carboxylic acids is 5. The predicted octanol–water partition coefficient (Wildman–Crippen LogP) is 6.31. The summed E-state index contributed by atoms with van der Waals surface area (Å²) in [5.74, 6) is 0.0271. The highest BCUT2D eigenvalue weighted by Crippen LogP contribution is 2.36. The number of methoxy groups -OCH3 is 1. The molecule has 81 heavy (non-hydrogen) atoms. The molecule has 5 heterocycles. The molecule has 21 nitrogen and oxygen atoms in total. The van der Waals surface area contributed by atoms with Gasteiger partial charge in [0.2, 0.25) is 17.8 Å². The third-order valence-electron chi connectivity index (χ3n) is 14.4.